The van der Waals surface area contributed by atoms with Crippen molar-refractivity contribution in [3.63, 3.8) is 0 Å². The van der Waals surface area contributed by atoms with E-state index in [4.69, 9.17) is 4.42 Å². The first kappa shape index (κ1) is 9.75. The third-order valence-corrected chi connectivity index (χ3v) is 1.50. The minimum Gasteiger partial charge on any atom is -0.424 e. The summed E-state index contributed by atoms with van der Waals surface area (Å²) in [6, 6.07) is 0. The van der Waals surface area contributed by atoms with Crippen LogP contribution in [0.3, 0.4) is 0 Å². The first-order valence-corrected chi connectivity index (χ1v) is 4.09. The second-order valence-electron chi connectivity index (χ2n) is 2.81. The smallest absolute Gasteiger partial charge is 0.230 e. The van der Waals surface area contributed by atoms with Gasteiger partial charge in [-0.2, -0.15) is 0 Å². The Morgan fingerprint density at radius 2 is 2.23 bits per heavy atom. The molecule has 0 aromatic carbocycles. The molecule has 70 valence electrons. The van der Waals surface area contributed by atoms with Gasteiger partial charge < -0.3 is 4.42 Å². The van der Waals surface area contributed by atoms with E-state index in [-0.39, 0.29) is 0 Å². The number of rotatable bonds is 3. The molecule has 0 amide bonds. The lowest BCUT2D eigenvalue weighted by Gasteiger charge is -2.08. The molecule has 0 aliphatic rings. The van der Waals surface area contributed by atoms with Crippen LogP contribution in [-0.2, 0) is 6.54 Å². The minimum atomic E-state index is 0.602. The maximum Gasteiger partial charge on any atom is 0.230 e. The number of hydrogen-bond acceptors (Lipinski definition) is 4. The predicted octanol–water partition coefficient (Wildman–Crippen LogP) is 0.833. The second-order valence-corrected chi connectivity index (χ2v) is 2.81. The van der Waals surface area contributed by atoms with Crippen molar-refractivity contribution in [2.24, 2.45) is 0 Å². The Morgan fingerprint density at radius 3 is 2.77 bits per heavy atom. The van der Waals surface area contributed by atoms with Crippen molar-refractivity contribution in [1.82, 2.24) is 15.1 Å². The molecular weight excluding hydrogens is 166 g/mol. The number of nitrogens with zero attached hydrogens (tertiary/aromatic N) is 3. The van der Waals surface area contributed by atoms with Gasteiger partial charge in [0, 0.05) is 6.92 Å². The van der Waals surface area contributed by atoms with Crippen molar-refractivity contribution >= 4 is 0 Å². The molecule has 0 spiro atoms. The van der Waals surface area contributed by atoms with Crippen molar-refractivity contribution < 1.29 is 4.42 Å². The van der Waals surface area contributed by atoms with Gasteiger partial charge in [-0.1, -0.05) is 5.92 Å². The highest BCUT2D eigenvalue weighted by Gasteiger charge is 2.04. The van der Waals surface area contributed by atoms with Crippen molar-refractivity contribution in [2.45, 2.75) is 20.4 Å². The summed E-state index contributed by atoms with van der Waals surface area (Å²) in [5, 5.41) is 7.63. The molecule has 0 saturated heterocycles. The van der Waals surface area contributed by atoms with Gasteiger partial charge in [0.25, 0.3) is 0 Å². The zero-order chi connectivity index (χ0) is 9.68. The SMILES string of the molecule is CC#CCN(C)Cc1nnc(C)o1. The van der Waals surface area contributed by atoms with Crippen LogP contribution < -0.4 is 0 Å². The summed E-state index contributed by atoms with van der Waals surface area (Å²) in [5.41, 5.74) is 0. The molecule has 0 aliphatic carbocycles. The monoisotopic (exact) mass is 179 g/mol. The van der Waals surface area contributed by atoms with Crippen molar-refractivity contribution in [2.75, 3.05) is 13.6 Å². The third kappa shape index (κ3) is 3.26. The lowest BCUT2D eigenvalue weighted by Crippen LogP contribution is -2.18. The molecule has 0 aliphatic heterocycles. The summed E-state index contributed by atoms with van der Waals surface area (Å²) < 4.78 is 5.22. The summed E-state index contributed by atoms with van der Waals surface area (Å²) in [6.45, 7) is 4.97. The largest absolute Gasteiger partial charge is 0.424 e. The van der Waals surface area contributed by atoms with E-state index in [0.29, 0.717) is 18.3 Å². The van der Waals surface area contributed by atoms with Crippen LogP contribution >= 0.6 is 0 Å². The minimum absolute atomic E-state index is 0.602. The first-order chi connectivity index (χ1) is 6.22. The van der Waals surface area contributed by atoms with Crippen LogP contribution in [0, 0.1) is 18.8 Å². The van der Waals surface area contributed by atoms with Crippen LogP contribution in [0.5, 0.6) is 0 Å². The van der Waals surface area contributed by atoms with Crippen LogP contribution in [-0.4, -0.2) is 28.7 Å². The summed E-state index contributed by atoms with van der Waals surface area (Å²) in [6.07, 6.45) is 0. The van der Waals surface area contributed by atoms with E-state index in [1.165, 1.54) is 0 Å². The van der Waals surface area contributed by atoms with Crippen molar-refractivity contribution in [3.8, 4) is 11.8 Å². The highest BCUT2D eigenvalue weighted by Crippen LogP contribution is 2.00. The topological polar surface area (TPSA) is 42.2 Å². The highest BCUT2D eigenvalue weighted by molar-refractivity contribution is 4.97. The molecule has 4 nitrogen and oxygen atoms in total. The molecule has 1 heterocycles. The second kappa shape index (κ2) is 4.63. The molecule has 4 heteroatoms. The summed E-state index contributed by atoms with van der Waals surface area (Å²) in [5.74, 6) is 7.03. The van der Waals surface area contributed by atoms with E-state index < -0.39 is 0 Å². The molecule has 0 radical (unpaired) electrons. The Bertz CT molecular complexity index is 321. The van der Waals surface area contributed by atoms with E-state index in [1.54, 1.807) is 6.92 Å². The molecule has 0 atom stereocenters. The van der Waals surface area contributed by atoms with E-state index in [1.807, 2.05) is 18.9 Å². The van der Waals surface area contributed by atoms with Gasteiger partial charge in [0.15, 0.2) is 0 Å². The fourth-order valence-corrected chi connectivity index (χ4v) is 0.902. The Hall–Kier alpha value is -1.34. The summed E-state index contributed by atoms with van der Waals surface area (Å²) in [7, 11) is 1.96. The molecule has 13 heavy (non-hydrogen) atoms. The van der Waals surface area contributed by atoms with Crippen LogP contribution in [0.15, 0.2) is 4.42 Å². The van der Waals surface area contributed by atoms with Gasteiger partial charge >= 0.3 is 0 Å². The van der Waals surface area contributed by atoms with Crippen LogP contribution in [0.25, 0.3) is 0 Å². The Kier molecular flexibility index (Phi) is 3.47. The zero-order valence-corrected chi connectivity index (χ0v) is 8.16. The van der Waals surface area contributed by atoms with Crippen LogP contribution in [0.2, 0.25) is 0 Å². The maximum absolute atomic E-state index is 5.22. The molecule has 1 rings (SSSR count). The summed E-state index contributed by atoms with van der Waals surface area (Å²) in [4.78, 5) is 2.02. The highest BCUT2D eigenvalue weighted by atomic mass is 16.4. The van der Waals surface area contributed by atoms with Gasteiger partial charge in [-0.15, -0.1) is 16.1 Å². The third-order valence-electron chi connectivity index (χ3n) is 1.50. The number of hydrogen-bond donors (Lipinski definition) is 0. The normalized spacial score (nSPS) is 9.85. The molecule has 0 unspecified atom stereocenters. The van der Waals surface area contributed by atoms with Gasteiger partial charge in [-0.3, -0.25) is 4.90 Å². The standard InChI is InChI=1S/C9H13N3O/c1-4-5-6-12(3)7-9-11-10-8(2)13-9/h6-7H2,1-3H3. The lowest BCUT2D eigenvalue weighted by atomic mass is 10.5. The molecule has 0 saturated carbocycles. The van der Waals surface area contributed by atoms with Gasteiger partial charge in [0.1, 0.15) is 0 Å². The van der Waals surface area contributed by atoms with Gasteiger partial charge in [0.05, 0.1) is 13.1 Å². The number of aryl methyl sites for hydroxylation is 1. The van der Waals surface area contributed by atoms with Crippen molar-refractivity contribution in [1.29, 1.82) is 0 Å². The molecule has 1 aromatic rings. The first-order valence-electron chi connectivity index (χ1n) is 4.09. The molecule has 0 fully saturated rings. The van der Waals surface area contributed by atoms with Crippen LogP contribution in [0.1, 0.15) is 18.7 Å². The fraction of sp³-hybridized carbons (Fsp3) is 0.556. The molecule has 0 N–H and O–H groups in total. The Morgan fingerprint density at radius 1 is 1.46 bits per heavy atom. The van der Waals surface area contributed by atoms with E-state index in [9.17, 15) is 0 Å². The van der Waals surface area contributed by atoms with Crippen molar-refractivity contribution in [3.05, 3.63) is 11.8 Å². The fourth-order valence-electron chi connectivity index (χ4n) is 0.902. The van der Waals surface area contributed by atoms with Gasteiger partial charge in [0.2, 0.25) is 11.8 Å². The average Bonchev–Trinajstić information content (AvgIpc) is 2.48. The number of aromatic nitrogens is 2. The van der Waals surface area contributed by atoms with Crippen LogP contribution in [0.4, 0.5) is 0 Å². The Labute approximate surface area is 77.9 Å². The quantitative estimate of drug-likeness (QED) is 0.645. The van der Waals surface area contributed by atoms with Gasteiger partial charge in [-0.25, -0.2) is 0 Å². The van der Waals surface area contributed by atoms with Gasteiger partial charge in [-0.05, 0) is 14.0 Å². The average molecular weight is 179 g/mol. The Balaban J connectivity index is 2.43. The molecule has 0 bridgehead atoms. The predicted molar refractivity (Wildman–Crippen MR) is 48.8 cm³/mol. The molecule has 1 aromatic heterocycles. The maximum atomic E-state index is 5.22. The van der Waals surface area contributed by atoms with E-state index in [0.717, 1.165) is 6.54 Å². The summed E-state index contributed by atoms with van der Waals surface area (Å²) >= 11 is 0. The molecular formula is C9H13N3O. The lowest BCUT2D eigenvalue weighted by molar-refractivity contribution is 0.314. The van der Waals surface area contributed by atoms with E-state index in [2.05, 4.69) is 22.0 Å². The zero-order valence-electron chi connectivity index (χ0n) is 8.16. The van der Waals surface area contributed by atoms with E-state index >= 15 is 0 Å².